The van der Waals surface area contributed by atoms with Gasteiger partial charge in [-0.1, -0.05) is 47.5 Å². The second-order valence-electron chi connectivity index (χ2n) is 14.5. The van der Waals surface area contributed by atoms with Crippen molar-refractivity contribution in [1.82, 2.24) is 0 Å². The van der Waals surface area contributed by atoms with Crippen molar-refractivity contribution in [3.8, 4) is 0 Å². The molecule has 0 bridgehead atoms. The minimum Gasteiger partial charge on any atom is -0.393 e. The predicted molar refractivity (Wildman–Crippen MR) is 130 cm³/mol. The lowest BCUT2D eigenvalue weighted by Crippen LogP contribution is -2.64. The third-order valence-electron chi connectivity index (χ3n) is 11.8. The molecule has 0 aromatic rings. The lowest BCUT2D eigenvalue weighted by atomic mass is 9.40. The van der Waals surface area contributed by atoms with Gasteiger partial charge in [0.05, 0.1) is 17.8 Å². The number of epoxide rings is 1. The number of hydrogen-bond acceptors (Lipinski definition) is 4. The first-order chi connectivity index (χ1) is 15.2. The number of carbonyl (C=O) groups is 1. The average Bonchev–Trinajstić information content (AvgIpc) is 3.42. The summed E-state index contributed by atoms with van der Waals surface area (Å²) in [4.78, 5) is 13.0. The Balaban J connectivity index is 1.38. The van der Waals surface area contributed by atoms with Crippen LogP contribution in [0.3, 0.4) is 0 Å². The maximum atomic E-state index is 13.0. The first-order valence-electron chi connectivity index (χ1n) is 13.8. The van der Waals surface area contributed by atoms with Gasteiger partial charge in [-0.15, -0.1) is 0 Å². The van der Waals surface area contributed by atoms with Gasteiger partial charge in [-0.2, -0.15) is 0 Å². The molecule has 1 heterocycles. The highest BCUT2D eigenvalue weighted by Crippen LogP contribution is 2.72. The van der Waals surface area contributed by atoms with Gasteiger partial charge in [-0.05, 0) is 93.3 Å². The Hall–Kier alpha value is -0.450. The molecule has 0 amide bonds. The van der Waals surface area contributed by atoms with Crippen molar-refractivity contribution < 1.29 is 19.7 Å². The molecule has 0 unspecified atom stereocenters. The summed E-state index contributed by atoms with van der Waals surface area (Å²) in [5.41, 5.74) is -0.737. The largest absolute Gasteiger partial charge is 0.393 e. The molecular formula is C29H48O4. The molecule has 4 heteroatoms. The van der Waals surface area contributed by atoms with Crippen molar-refractivity contribution in [2.24, 2.45) is 51.8 Å². The Bertz CT molecular complexity index is 798. The molecule has 11 atom stereocenters. The molecule has 5 aliphatic rings. The van der Waals surface area contributed by atoms with E-state index in [0.29, 0.717) is 41.3 Å². The number of fused-ring (bicyclic) bond motifs is 7. The molecule has 1 aliphatic heterocycles. The summed E-state index contributed by atoms with van der Waals surface area (Å²) in [6.45, 7) is 15.4. The monoisotopic (exact) mass is 460 g/mol. The fourth-order valence-corrected chi connectivity index (χ4v) is 10.2. The van der Waals surface area contributed by atoms with E-state index in [1.165, 1.54) is 19.3 Å². The molecule has 5 fully saturated rings. The molecule has 4 nitrogen and oxygen atoms in total. The highest BCUT2D eigenvalue weighted by atomic mass is 16.6. The summed E-state index contributed by atoms with van der Waals surface area (Å²) in [5, 5.41) is 21.8. The molecule has 188 valence electrons. The molecule has 1 saturated heterocycles. The molecule has 0 spiro atoms. The average molecular weight is 461 g/mol. The van der Waals surface area contributed by atoms with Crippen molar-refractivity contribution in [3.05, 3.63) is 0 Å². The number of aliphatic hydroxyl groups excluding tert-OH is 1. The van der Waals surface area contributed by atoms with E-state index >= 15 is 0 Å². The molecule has 4 saturated carbocycles. The van der Waals surface area contributed by atoms with E-state index in [0.717, 1.165) is 32.1 Å². The minimum atomic E-state index is -0.590. The number of hydrogen-bond donors (Lipinski definition) is 2. The van der Waals surface area contributed by atoms with Crippen LogP contribution in [0.5, 0.6) is 0 Å². The predicted octanol–water partition coefficient (Wildman–Crippen LogP) is 5.39. The van der Waals surface area contributed by atoms with Crippen molar-refractivity contribution in [2.75, 3.05) is 0 Å². The number of aliphatic hydroxyl groups is 2. The first kappa shape index (κ1) is 24.3. The van der Waals surface area contributed by atoms with Crippen LogP contribution in [-0.2, 0) is 9.53 Å². The highest BCUT2D eigenvalue weighted by molar-refractivity contribution is 5.92. The van der Waals surface area contributed by atoms with Crippen molar-refractivity contribution >= 4 is 5.78 Å². The van der Waals surface area contributed by atoms with Gasteiger partial charge < -0.3 is 14.9 Å². The molecule has 0 aromatic heterocycles. The Morgan fingerprint density at radius 2 is 1.82 bits per heavy atom. The summed E-state index contributed by atoms with van der Waals surface area (Å²) in [5.74, 6) is 3.27. The first-order valence-corrected chi connectivity index (χ1v) is 13.8. The zero-order chi connectivity index (χ0) is 24.1. The normalized spacial score (nSPS) is 51.2. The second-order valence-corrected chi connectivity index (χ2v) is 14.5. The fraction of sp³-hybridized carbons (Fsp3) is 0.966. The Morgan fingerprint density at radius 1 is 1.12 bits per heavy atom. The number of rotatable bonds is 5. The summed E-state index contributed by atoms with van der Waals surface area (Å²) in [6, 6.07) is 0. The third kappa shape index (κ3) is 3.44. The Kier molecular flexibility index (Phi) is 5.53. The van der Waals surface area contributed by atoms with Gasteiger partial charge in [0.2, 0.25) is 0 Å². The van der Waals surface area contributed by atoms with E-state index in [1.54, 1.807) is 0 Å². The van der Waals surface area contributed by atoms with Gasteiger partial charge in [0.25, 0.3) is 0 Å². The quantitative estimate of drug-likeness (QED) is 0.540. The van der Waals surface area contributed by atoms with E-state index in [1.807, 2.05) is 13.8 Å². The van der Waals surface area contributed by atoms with Crippen LogP contribution in [0.2, 0.25) is 0 Å². The number of ether oxygens (including phenoxy) is 1. The van der Waals surface area contributed by atoms with Crippen LogP contribution in [0.4, 0.5) is 0 Å². The zero-order valence-electron chi connectivity index (χ0n) is 22.1. The van der Waals surface area contributed by atoms with Crippen molar-refractivity contribution in [2.45, 2.75) is 124 Å². The van der Waals surface area contributed by atoms with E-state index in [4.69, 9.17) is 4.74 Å². The van der Waals surface area contributed by atoms with Crippen LogP contribution < -0.4 is 0 Å². The Labute approximate surface area is 201 Å². The molecule has 2 N–H and O–H groups in total. The molecule has 0 radical (unpaired) electrons. The maximum absolute atomic E-state index is 13.0. The SMILES string of the molecule is C[C@@H](CCCC(C)(C)O)[C@H]1CC[C@@]2(C)[C@@H]1[C@H](O)C[C@H]1[C@H]2CC[C@@H]2C(C)(C)C(=O)[C@@H]3O[C@H]3[C@@]21C. The van der Waals surface area contributed by atoms with Gasteiger partial charge in [0, 0.05) is 10.8 Å². The van der Waals surface area contributed by atoms with Crippen LogP contribution in [0.1, 0.15) is 99.8 Å². The smallest absolute Gasteiger partial charge is 0.170 e. The zero-order valence-corrected chi connectivity index (χ0v) is 22.1. The summed E-state index contributed by atoms with van der Waals surface area (Å²) < 4.78 is 6.11. The van der Waals surface area contributed by atoms with E-state index in [2.05, 4.69) is 34.6 Å². The topological polar surface area (TPSA) is 70.1 Å². The third-order valence-corrected chi connectivity index (χ3v) is 11.8. The van der Waals surface area contributed by atoms with Crippen molar-refractivity contribution in [3.63, 3.8) is 0 Å². The lowest BCUT2D eigenvalue weighted by molar-refractivity contribution is -0.184. The summed E-state index contributed by atoms with van der Waals surface area (Å²) in [7, 11) is 0. The fourth-order valence-electron chi connectivity index (χ4n) is 10.2. The van der Waals surface area contributed by atoms with Gasteiger partial charge in [0.15, 0.2) is 5.78 Å². The van der Waals surface area contributed by atoms with Gasteiger partial charge >= 0.3 is 0 Å². The molecule has 5 rings (SSSR count). The Morgan fingerprint density at radius 3 is 2.48 bits per heavy atom. The molecule has 33 heavy (non-hydrogen) atoms. The van der Waals surface area contributed by atoms with Crippen molar-refractivity contribution in [1.29, 1.82) is 0 Å². The maximum Gasteiger partial charge on any atom is 0.170 e. The lowest BCUT2D eigenvalue weighted by Gasteiger charge is -2.64. The number of carbonyl (C=O) groups excluding carboxylic acids is 1. The van der Waals surface area contributed by atoms with Gasteiger partial charge in [-0.3, -0.25) is 4.79 Å². The van der Waals surface area contributed by atoms with E-state index in [9.17, 15) is 15.0 Å². The van der Waals surface area contributed by atoms with Crippen LogP contribution in [0.15, 0.2) is 0 Å². The summed E-state index contributed by atoms with van der Waals surface area (Å²) >= 11 is 0. The second kappa shape index (κ2) is 7.53. The standard InChI is InChI=1S/C29H48O4/c1-16(9-8-13-26(2,3)32)17-12-14-28(6)18-10-11-21-27(4,5)24(31)23-25(33-23)29(21,7)19(18)15-20(30)22(17)28/h16-23,25,30,32H,8-15H2,1-7H3/t16-,17+,18+,19-,20+,21+,22-,23-,25+,28+,29+/m0/s1. The van der Waals surface area contributed by atoms with Gasteiger partial charge in [-0.25, -0.2) is 0 Å². The molecular weight excluding hydrogens is 412 g/mol. The van der Waals surface area contributed by atoms with Gasteiger partial charge in [0.1, 0.15) is 6.10 Å². The molecule has 0 aromatic carbocycles. The number of Topliss-reactive ketones (excluding diaryl/α,β-unsaturated/α-hetero) is 1. The molecule has 4 aliphatic carbocycles. The van der Waals surface area contributed by atoms with Crippen LogP contribution in [-0.4, -0.2) is 39.9 Å². The summed E-state index contributed by atoms with van der Waals surface area (Å²) in [6.07, 6.45) is 8.27. The highest BCUT2D eigenvalue weighted by Gasteiger charge is 2.74. The van der Waals surface area contributed by atoms with E-state index < -0.39 is 5.60 Å². The van der Waals surface area contributed by atoms with Crippen LogP contribution in [0, 0.1) is 51.8 Å². The van der Waals surface area contributed by atoms with E-state index in [-0.39, 0.29) is 34.6 Å². The minimum absolute atomic E-state index is 0.00361. The van der Waals surface area contributed by atoms with Crippen LogP contribution >= 0.6 is 0 Å². The van der Waals surface area contributed by atoms with Crippen LogP contribution in [0.25, 0.3) is 0 Å². The number of ketones is 1.